The van der Waals surface area contributed by atoms with Crippen molar-refractivity contribution in [3.8, 4) is 0 Å². The third-order valence-electron chi connectivity index (χ3n) is 4.03. The summed E-state index contributed by atoms with van der Waals surface area (Å²) in [6, 6.07) is 15.6. The van der Waals surface area contributed by atoms with E-state index in [-0.39, 0.29) is 18.3 Å². The molecular weight excluding hydrogens is 398 g/mol. The zero-order valence-corrected chi connectivity index (χ0v) is 17.2. The number of hydrogen-bond acceptors (Lipinski definition) is 5. The summed E-state index contributed by atoms with van der Waals surface area (Å²) in [5.74, 6) is -0.659. The molecule has 0 fully saturated rings. The first-order valence-electron chi connectivity index (χ1n) is 8.62. The van der Waals surface area contributed by atoms with Gasteiger partial charge >= 0.3 is 5.97 Å². The molecule has 8 heteroatoms. The number of aromatic nitrogens is 2. The molecule has 1 amide bonds. The van der Waals surface area contributed by atoms with Crippen molar-refractivity contribution < 1.29 is 14.3 Å². The van der Waals surface area contributed by atoms with Gasteiger partial charge in [-0.2, -0.15) is 0 Å². The molecule has 0 atom stereocenters. The van der Waals surface area contributed by atoms with Crippen LogP contribution >= 0.6 is 23.4 Å². The third-order valence-corrected chi connectivity index (χ3v) is 5.22. The normalized spacial score (nSPS) is 10.8. The van der Waals surface area contributed by atoms with Crippen LogP contribution < -0.4 is 0 Å². The Morgan fingerprint density at radius 1 is 1.18 bits per heavy atom. The molecule has 146 valence electrons. The molecule has 0 aliphatic rings. The second-order valence-corrected chi connectivity index (χ2v) is 7.72. The van der Waals surface area contributed by atoms with Gasteiger partial charge < -0.3 is 14.2 Å². The van der Waals surface area contributed by atoms with Crippen LogP contribution in [-0.2, 0) is 20.9 Å². The van der Waals surface area contributed by atoms with Crippen LogP contribution in [0.25, 0.3) is 11.0 Å². The Hall–Kier alpha value is -2.51. The van der Waals surface area contributed by atoms with Gasteiger partial charge in [-0.25, -0.2) is 4.98 Å². The molecule has 2 aromatic carbocycles. The molecule has 0 aliphatic heterocycles. The topological polar surface area (TPSA) is 64.4 Å². The van der Waals surface area contributed by atoms with E-state index in [9.17, 15) is 9.59 Å². The second kappa shape index (κ2) is 9.12. The maximum absolute atomic E-state index is 12.0. The molecular formula is C20H20ClN3O3S. The maximum atomic E-state index is 12.0. The van der Waals surface area contributed by atoms with Crippen LogP contribution in [0.2, 0.25) is 5.02 Å². The molecule has 28 heavy (non-hydrogen) atoms. The van der Waals surface area contributed by atoms with Crippen LogP contribution in [0.4, 0.5) is 0 Å². The van der Waals surface area contributed by atoms with Gasteiger partial charge in [0, 0.05) is 19.1 Å². The van der Waals surface area contributed by atoms with Crippen LogP contribution in [0, 0.1) is 0 Å². The van der Waals surface area contributed by atoms with E-state index in [1.807, 2.05) is 47.0 Å². The van der Waals surface area contributed by atoms with Crippen molar-refractivity contribution in [2.24, 2.45) is 0 Å². The van der Waals surface area contributed by atoms with Crippen molar-refractivity contribution in [2.45, 2.75) is 11.7 Å². The monoisotopic (exact) mass is 417 g/mol. The van der Waals surface area contributed by atoms with E-state index in [0.29, 0.717) is 16.7 Å². The molecule has 1 aromatic heterocycles. The summed E-state index contributed by atoms with van der Waals surface area (Å²) in [4.78, 5) is 29.6. The van der Waals surface area contributed by atoms with Gasteiger partial charge in [0.05, 0.1) is 23.3 Å². The highest BCUT2D eigenvalue weighted by Crippen LogP contribution is 2.27. The SMILES string of the molecule is CN(C)C(=O)COC(=O)CSc1nc2cc(Cl)ccc2n1Cc1ccccc1. The van der Waals surface area contributed by atoms with E-state index in [2.05, 4.69) is 4.98 Å². The number of ether oxygens (including phenoxy) is 1. The van der Waals surface area contributed by atoms with Gasteiger partial charge in [-0.3, -0.25) is 9.59 Å². The van der Waals surface area contributed by atoms with Crippen molar-refractivity contribution in [1.82, 2.24) is 14.5 Å². The van der Waals surface area contributed by atoms with E-state index >= 15 is 0 Å². The lowest BCUT2D eigenvalue weighted by Gasteiger charge is -2.11. The number of carbonyl (C=O) groups is 2. The largest absolute Gasteiger partial charge is 0.455 e. The fourth-order valence-electron chi connectivity index (χ4n) is 2.55. The van der Waals surface area contributed by atoms with Gasteiger partial charge in [-0.1, -0.05) is 53.7 Å². The van der Waals surface area contributed by atoms with Crippen molar-refractivity contribution >= 4 is 46.3 Å². The quantitative estimate of drug-likeness (QED) is 0.435. The van der Waals surface area contributed by atoms with Crippen molar-refractivity contribution in [3.63, 3.8) is 0 Å². The number of amides is 1. The second-order valence-electron chi connectivity index (χ2n) is 6.34. The lowest BCUT2D eigenvalue weighted by molar-refractivity contribution is -0.148. The molecule has 1 heterocycles. The number of likely N-dealkylation sites (N-methyl/N-ethyl adjacent to an activating group) is 1. The number of thioether (sulfide) groups is 1. The van der Waals surface area contributed by atoms with Crippen LogP contribution in [0.1, 0.15) is 5.56 Å². The lowest BCUT2D eigenvalue weighted by atomic mass is 10.2. The first-order valence-corrected chi connectivity index (χ1v) is 9.98. The van der Waals surface area contributed by atoms with Crippen LogP contribution in [0.5, 0.6) is 0 Å². The van der Waals surface area contributed by atoms with Gasteiger partial charge in [-0.05, 0) is 23.8 Å². The summed E-state index contributed by atoms with van der Waals surface area (Å²) in [6.07, 6.45) is 0. The van der Waals surface area contributed by atoms with Gasteiger partial charge in [0.2, 0.25) is 0 Å². The minimum absolute atomic E-state index is 0.0621. The highest BCUT2D eigenvalue weighted by Gasteiger charge is 2.15. The molecule has 0 aliphatic carbocycles. The first kappa shape index (κ1) is 20.2. The standard InChI is InChI=1S/C20H20ClN3O3S/c1-23(2)18(25)12-27-19(26)13-28-20-22-16-10-15(21)8-9-17(16)24(20)11-14-6-4-3-5-7-14/h3-10H,11-13H2,1-2H3. The fourth-order valence-corrected chi connectivity index (χ4v) is 3.52. The number of rotatable bonds is 7. The van der Waals surface area contributed by atoms with Gasteiger partial charge in [0.1, 0.15) is 0 Å². The lowest BCUT2D eigenvalue weighted by Crippen LogP contribution is -2.28. The van der Waals surface area contributed by atoms with Crippen LogP contribution in [0.3, 0.4) is 0 Å². The summed E-state index contributed by atoms with van der Waals surface area (Å²) < 4.78 is 7.07. The minimum atomic E-state index is -0.462. The smallest absolute Gasteiger partial charge is 0.316 e. The van der Waals surface area contributed by atoms with E-state index in [4.69, 9.17) is 16.3 Å². The molecule has 0 bridgehead atoms. The number of hydrogen-bond donors (Lipinski definition) is 0. The van der Waals surface area contributed by atoms with Crippen molar-refractivity contribution in [1.29, 1.82) is 0 Å². The van der Waals surface area contributed by atoms with E-state index in [1.54, 1.807) is 20.2 Å². The Balaban J connectivity index is 1.77. The first-order chi connectivity index (χ1) is 13.4. The molecule has 0 N–H and O–H groups in total. The van der Waals surface area contributed by atoms with Gasteiger partial charge in [0.15, 0.2) is 11.8 Å². The third kappa shape index (κ3) is 5.05. The van der Waals surface area contributed by atoms with Crippen molar-refractivity contribution in [2.75, 3.05) is 26.5 Å². The van der Waals surface area contributed by atoms with E-state index in [0.717, 1.165) is 16.6 Å². The van der Waals surface area contributed by atoms with Crippen molar-refractivity contribution in [3.05, 3.63) is 59.1 Å². The zero-order valence-electron chi connectivity index (χ0n) is 15.6. The predicted octanol–water partition coefficient (Wildman–Crippen LogP) is 3.46. The Bertz CT molecular complexity index is 989. The molecule has 3 rings (SSSR count). The van der Waals surface area contributed by atoms with Crippen LogP contribution in [-0.4, -0.2) is 52.8 Å². The number of nitrogens with zero attached hydrogens (tertiary/aromatic N) is 3. The molecule has 6 nitrogen and oxygen atoms in total. The summed E-state index contributed by atoms with van der Waals surface area (Å²) in [7, 11) is 3.23. The Morgan fingerprint density at radius 3 is 2.64 bits per heavy atom. The minimum Gasteiger partial charge on any atom is -0.455 e. The summed E-state index contributed by atoms with van der Waals surface area (Å²) in [5.41, 5.74) is 2.83. The number of benzene rings is 2. The number of esters is 1. The van der Waals surface area contributed by atoms with Crippen LogP contribution in [0.15, 0.2) is 53.7 Å². The number of halogens is 1. The van der Waals surface area contributed by atoms with Gasteiger partial charge in [-0.15, -0.1) is 0 Å². The molecule has 0 spiro atoms. The summed E-state index contributed by atoms with van der Waals surface area (Å²) in [5, 5.41) is 1.30. The fraction of sp³-hybridized carbons (Fsp3) is 0.250. The molecule has 0 saturated heterocycles. The highest BCUT2D eigenvalue weighted by atomic mass is 35.5. The average molecular weight is 418 g/mol. The molecule has 0 radical (unpaired) electrons. The molecule has 0 unspecified atom stereocenters. The zero-order chi connectivity index (χ0) is 20.1. The number of fused-ring (bicyclic) bond motifs is 1. The highest BCUT2D eigenvalue weighted by molar-refractivity contribution is 7.99. The van der Waals surface area contributed by atoms with E-state index < -0.39 is 5.97 Å². The number of imidazole rings is 1. The van der Waals surface area contributed by atoms with E-state index in [1.165, 1.54) is 16.7 Å². The average Bonchev–Trinajstić information content (AvgIpc) is 3.01. The maximum Gasteiger partial charge on any atom is 0.316 e. The molecule has 3 aromatic rings. The Kier molecular flexibility index (Phi) is 6.59. The Labute approximate surface area is 172 Å². The number of carbonyl (C=O) groups excluding carboxylic acids is 2. The Morgan fingerprint density at radius 2 is 1.93 bits per heavy atom. The predicted molar refractivity (Wildman–Crippen MR) is 111 cm³/mol. The summed E-state index contributed by atoms with van der Waals surface area (Å²) in [6.45, 7) is 0.359. The van der Waals surface area contributed by atoms with Gasteiger partial charge in [0.25, 0.3) is 5.91 Å². The molecule has 0 saturated carbocycles. The summed E-state index contributed by atoms with van der Waals surface area (Å²) >= 11 is 7.37.